The van der Waals surface area contributed by atoms with E-state index in [1.54, 1.807) is 23.6 Å². The minimum absolute atomic E-state index is 0.168. The highest BCUT2D eigenvalue weighted by Crippen LogP contribution is 2.31. The Hall–Kier alpha value is -1.96. The number of fused-ring (bicyclic) bond motifs is 1. The van der Waals surface area contributed by atoms with Crippen LogP contribution in [-0.4, -0.2) is 20.7 Å². The molecule has 0 aliphatic carbocycles. The lowest BCUT2D eigenvalue weighted by atomic mass is 10.1. The standard InChI is InChI=1S/C18H11Br2N3OS/c19-13-7-12(17(24)15(20)8-13)9-21-14-3-1-11(2-4-14)16-10-23-5-6-25-18(23)22-16/h1-10,24H. The van der Waals surface area contributed by atoms with Gasteiger partial charge in [-0.15, -0.1) is 11.3 Å². The maximum absolute atomic E-state index is 10.1. The number of aromatic nitrogens is 2. The van der Waals surface area contributed by atoms with E-state index in [0.29, 0.717) is 10.0 Å². The number of nitrogens with zero attached hydrogens (tertiary/aromatic N) is 3. The van der Waals surface area contributed by atoms with Gasteiger partial charge in [-0.1, -0.05) is 28.1 Å². The average Bonchev–Trinajstić information content (AvgIpc) is 3.19. The van der Waals surface area contributed by atoms with Crippen LogP contribution in [0.25, 0.3) is 16.2 Å². The van der Waals surface area contributed by atoms with Gasteiger partial charge in [0.1, 0.15) is 5.75 Å². The third kappa shape index (κ3) is 3.40. The SMILES string of the molecule is Oc1c(Br)cc(Br)cc1C=Nc1ccc(-c2cn3ccsc3n2)cc1. The van der Waals surface area contributed by atoms with Gasteiger partial charge in [-0.25, -0.2) is 4.98 Å². The molecule has 4 rings (SSSR count). The highest BCUT2D eigenvalue weighted by Gasteiger charge is 2.06. The molecule has 0 aliphatic heterocycles. The van der Waals surface area contributed by atoms with Gasteiger partial charge < -0.3 is 5.11 Å². The van der Waals surface area contributed by atoms with Crippen molar-refractivity contribution in [3.8, 4) is 17.0 Å². The predicted molar refractivity (Wildman–Crippen MR) is 109 cm³/mol. The Bertz CT molecular complexity index is 1060. The number of hydrogen-bond donors (Lipinski definition) is 1. The van der Waals surface area contributed by atoms with E-state index >= 15 is 0 Å². The van der Waals surface area contributed by atoms with Gasteiger partial charge in [0.25, 0.3) is 0 Å². The summed E-state index contributed by atoms with van der Waals surface area (Å²) in [6, 6.07) is 11.5. The van der Waals surface area contributed by atoms with E-state index in [4.69, 9.17) is 0 Å². The van der Waals surface area contributed by atoms with Crippen molar-refractivity contribution in [2.45, 2.75) is 0 Å². The number of rotatable bonds is 3. The summed E-state index contributed by atoms with van der Waals surface area (Å²) in [5.74, 6) is 0.168. The molecule has 0 aliphatic rings. The highest BCUT2D eigenvalue weighted by molar-refractivity contribution is 9.11. The summed E-state index contributed by atoms with van der Waals surface area (Å²) in [7, 11) is 0. The molecule has 25 heavy (non-hydrogen) atoms. The topological polar surface area (TPSA) is 49.9 Å². The molecule has 0 bridgehead atoms. The van der Waals surface area contributed by atoms with E-state index < -0.39 is 0 Å². The van der Waals surface area contributed by atoms with E-state index in [2.05, 4.69) is 41.8 Å². The summed E-state index contributed by atoms with van der Waals surface area (Å²) < 4.78 is 3.51. The van der Waals surface area contributed by atoms with E-state index in [1.807, 2.05) is 52.5 Å². The number of imidazole rings is 1. The maximum atomic E-state index is 10.1. The van der Waals surface area contributed by atoms with Crippen LogP contribution in [0, 0.1) is 0 Å². The van der Waals surface area contributed by atoms with Gasteiger partial charge >= 0.3 is 0 Å². The molecule has 0 saturated heterocycles. The number of halogens is 2. The number of benzene rings is 2. The molecule has 0 unspecified atom stereocenters. The zero-order valence-corrected chi connectivity index (χ0v) is 16.7. The summed E-state index contributed by atoms with van der Waals surface area (Å²) in [5, 5.41) is 12.1. The summed E-state index contributed by atoms with van der Waals surface area (Å²) in [6.07, 6.45) is 5.66. The summed E-state index contributed by atoms with van der Waals surface area (Å²) in [4.78, 5) is 10.0. The minimum Gasteiger partial charge on any atom is -0.506 e. The molecule has 2 aromatic heterocycles. The van der Waals surface area contributed by atoms with Crippen molar-refractivity contribution in [2.75, 3.05) is 0 Å². The fourth-order valence-corrected chi connectivity index (χ4v) is 4.37. The Labute approximate surface area is 164 Å². The van der Waals surface area contributed by atoms with Crippen molar-refractivity contribution in [2.24, 2.45) is 4.99 Å². The largest absolute Gasteiger partial charge is 0.506 e. The molecule has 4 nitrogen and oxygen atoms in total. The monoisotopic (exact) mass is 475 g/mol. The molecule has 0 radical (unpaired) electrons. The van der Waals surface area contributed by atoms with Crippen molar-refractivity contribution in [1.29, 1.82) is 0 Å². The average molecular weight is 477 g/mol. The Kier molecular flexibility index (Phi) is 4.45. The minimum atomic E-state index is 0.168. The van der Waals surface area contributed by atoms with Crippen LogP contribution in [-0.2, 0) is 0 Å². The second-order valence-corrected chi connectivity index (χ2v) is 7.99. The van der Waals surface area contributed by atoms with Crippen molar-refractivity contribution in [1.82, 2.24) is 9.38 Å². The molecule has 2 aromatic carbocycles. The third-order valence-electron chi connectivity index (χ3n) is 3.67. The lowest BCUT2D eigenvalue weighted by molar-refractivity contribution is 0.471. The molecule has 0 spiro atoms. The Morgan fingerprint density at radius 3 is 2.72 bits per heavy atom. The van der Waals surface area contributed by atoms with Crippen molar-refractivity contribution < 1.29 is 5.11 Å². The molecule has 2 heterocycles. The second kappa shape index (κ2) is 6.74. The van der Waals surface area contributed by atoms with Crippen LogP contribution in [0.5, 0.6) is 5.75 Å². The van der Waals surface area contributed by atoms with Gasteiger partial charge in [-0.2, -0.15) is 0 Å². The molecule has 0 fully saturated rings. The Morgan fingerprint density at radius 1 is 1.16 bits per heavy atom. The number of thiazole rings is 1. The number of hydrogen-bond acceptors (Lipinski definition) is 4. The van der Waals surface area contributed by atoms with Gasteiger partial charge in [0, 0.05) is 39.6 Å². The summed E-state index contributed by atoms with van der Waals surface area (Å²) in [6.45, 7) is 0. The highest BCUT2D eigenvalue weighted by atomic mass is 79.9. The van der Waals surface area contributed by atoms with Crippen molar-refractivity contribution >= 4 is 60.1 Å². The van der Waals surface area contributed by atoms with Gasteiger partial charge in [0.15, 0.2) is 4.96 Å². The van der Waals surface area contributed by atoms with Crippen molar-refractivity contribution in [3.05, 3.63) is 68.7 Å². The first-order valence-electron chi connectivity index (χ1n) is 7.35. The number of aliphatic imine (C=N–C) groups is 1. The quantitative estimate of drug-likeness (QED) is 0.366. The van der Waals surface area contributed by atoms with Crippen LogP contribution >= 0.6 is 43.2 Å². The van der Waals surface area contributed by atoms with Crippen LogP contribution in [0.3, 0.4) is 0 Å². The van der Waals surface area contributed by atoms with Gasteiger partial charge in [0.2, 0.25) is 0 Å². The van der Waals surface area contributed by atoms with Crippen LogP contribution in [0.1, 0.15) is 5.56 Å². The lowest BCUT2D eigenvalue weighted by Gasteiger charge is -2.03. The molecular weight excluding hydrogens is 466 g/mol. The molecule has 0 saturated carbocycles. The van der Waals surface area contributed by atoms with E-state index in [1.165, 1.54) is 0 Å². The number of phenols is 1. The van der Waals surface area contributed by atoms with E-state index in [0.717, 1.165) is 26.4 Å². The second-order valence-electron chi connectivity index (χ2n) is 5.35. The first-order chi connectivity index (χ1) is 12.1. The summed E-state index contributed by atoms with van der Waals surface area (Å²) >= 11 is 8.34. The van der Waals surface area contributed by atoms with Crippen LogP contribution in [0.4, 0.5) is 5.69 Å². The predicted octanol–water partition coefficient (Wildman–Crippen LogP) is 6.04. The molecule has 1 N–H and O–H groups in total. The van der Waals surface area contributed by atoms with Gasteiger partial charge in [-0.3, -0.25) is 9.39 Å². The molecule has 0 amide bonds. The number of phenolic OH excluding ortho intramolecular Hbond substituents is 1. The zero-order valence-electron chi connectivity index (χ0n) is 12.7. The fourth-order valence-electron chi connectivity index (χ4n) is 2.41. The van der Waals surface area contributed by atoms with Crippen molar-refractivity contribution in [3.63, 3.8) is 0 Å². The third-order valence-corrected chi connectivity index (χ3v) is 5.50. The zero-order chi connectivity index (χ0) is 17.4. The van der Waals surface area contributed by atoms with Crippen LogP contribution in [0.15, 0.2) is 68.1 Å². The smallest absolute Gasteiger partial charge is 0.194 e. The molecule has 124 valence electrons. The van der Waals surface area contributed by atoms with Crippen LogP contribution < -0.4 is 0 Å². The molecule has 0 atom stereocenters. The van der Waals surface area contributed by atoms with Crippen LogP contribution in [0.2, 0.25) is 0 Å². The normalized spacial score (nSPS) is 11.6. The lowest BCUT2D eigenvalue weighted by Crippen LogP contribution is -1.84. The van der Waals surface area contributed by atoms with E-state index in [9.17, 15) is 5.11 Å². The number of aromatic hydroxyl groups is 1. The first kappa shape index (κ1) is 16.5. The Morgan fingerprint density at radius 2 is 1.96 bits per heavy atom. The van der Waals surface area contributed by atoms with Gasteiger partial charge in [-0.05, 0) is 40.2 Å². The Balaban J connectivity index is 1.59. The molecule has 4 aromatic rings. The fraction of sp³-hybridized carbons (Fsp3) is 0. The molecular formula is C18H11Br2N3OS. The van der Waals surface area contributed by atoms with Gasteiger partial charge in [0.05, 0.1) is 15.9 Å². The first-order valence-corrected chi connectivity index (χ1v) is 9.81. The maximum Gasteiger partial charge on any atom is 0.194 e. The summed E-state index contributed by atoms with van der Waals surface area (Å²) in [5.41, 5.74) is 3.43. The molecule has 7 heteroatoms. The van der Waals surface area contributed by atoms with E-state index in [-0.39, 0.29) is 5.75 Å².